The van der Waals surface area contributed by atoms with E-state index < -0.39 is 23.6 Å². The van der Waals surface area contributed by atoms with Crippen molar-refractivity contribution in [1.29, 1.82) is 0 Å². The van der Waals surface area contributed by atoms with Gasteiger partial charge in [0.15, 0.2) is 0 Å². The van der Waals surface area contributed by atoms with Gasteiger partial charge in [-0.3, -0.25) is 9.69 Å². The van der Waals surface area contributed by atoms with Crippen LogP contribution in [-0.4, -0.2) is 34.6 Å². The van der Waals surface area contributed by atoms with Crippen LogP contribution in [-0.2, 0) is 9.53 Å². The Kier molecular flexibility index (Phi) is 3.69. The summed E-state index contributed by atoms with van der Waals surface area (Å²) < 4.78 is 5.30. The molecule has 3 atom stereocenters. The minimum absolute atomic E-state index is 0.0256. The number of nitrogens with two attached hydrogens (primary N) is 1. The Balaban J connectivity index is 2.85. The molecule has 1 aliphatic heterocycles. The number of rotatable bonds is 1. The second kappa shape index (κ2) is 4.55. The number of primary amides is 1. The van der Waals surface area contributed by atoms with E-state index in [0.717, 1.165) is 0 Å². The monoisotopic (exact) mass is 242 g/mol. The van der Waals surface area contributed by atoms with E-state index in [0.29, 0.717) is 6.42 Å². The molecule has 5 nitrogen and oxygen atoms in total. The highest BCUT2D eigenvalue weighted by molar-refractivity contribution is 5.85. The van der Waals surface area contributed by atoms with Gasteiger partial charge in [0, 0.05) is 6.04 Å². The van der Waals surface area contributed by atoms with Crippen LogP contribution in [0, 0.1) is 5.92 Å². The maximum absolute atomic E-state index is 12.0. The summed E-state index contributed by atoms with van der Waals surface area (Å²) >= 11 is 0. The molecule has 0 bridgehead atoms. The van der Waals surface area contributed by atoms with E-state index in [1.165, 1.54) is 4.90 Å². The van der Waals surface area contributed by atoms with E-state index in [1.807, 2.05) is 13.8 Å². The molecule has 0 aromatic carbocycles. The third kappa shape index (κ3) is 3.11. The van der Waals surface area contributed by atoms with Gasteiger partial charge in [-0.2, -0.15) is 0 Å². The van der Waals surface area contributed by atoms with Gasteiger partial charge in [-0.25, -0.2) is 4.79 Å². The van der Waals surface area contributed by atoms with Gasteiger partial charge in [0.2, 0.25) is 5.91 Å². The highest BCUT2D eigenvalue weighted by atomic mass is 16.6. The molecule has 5 heteroatoms. The van der Waals surface area contributed by atoms with E-state index in [-0.39, 0.29) is 12.0 Å². The maximum Gasteiger partial charge on any atom is 0.411 e. The minimum atomic E-state index is -0.565. The first-order valence-corrected chi connectivity index (χ1v) is 5.94. The first-order valence-electron chi connectivity index (χ1n) is 5.94. The summed E-state index contributed by atoms with van der Waals surface area (Å²) in [5.74, 6) is -0.216. The van der Waals surface area contributed by atoms with Crippen molar-refractivity contribution in [1.82, 2.24) is 4.90 Å². The first kappa shape index (κ1) is 13.8. The number of carbonyl (C=O) groups excluding carboxylic acids is 2. The van der Waals surface area contributed by atoms with Crippen molar-refractivity contribution in [2.24, 2.45) is 11.7 Å². The third-order valence-corrected chi connectivity index (χ3v) is 3.13. The maximum atomic E-state index is 12.0. The van der Waals surface area contributed by atoms with Crippen LogP contribution in [0.2, 0.25) is 0 Å². The Morgan fingerprint density at radius 3 is 2.24 bits per heavy atom. The Labute approximate surface area is 102 Å². The van der Waals surface area contributed by atoms with E-state index in [9.17, 15) is 9.59 Å². The largest absolute Gasteiger partial charge is 0.444 e. The van der Waals surface area contributed by atoms with Gasteiger partial charge in [0.05, 0.1) is 0 Å². The smallest absolute Gasteiger partial charge is 0.411 e. The highest BCUT2D eigenvalue weighted by Crippen LogP contribution is 2.30. The fourth-order valence-electron chi connectivity index (χ4n) is 2.08. The summed E-state index contributed by atoms with van der Waals surface area (Å²) in [6.45, 7) is 9.32. The van der Waals surface area contributed by atoms with Gasteiger partial charge in [-0.1, -0.05) is 6.92 Å². The average molecular weight is 242 g/mol. The number of carbonyl (C=O) groups is 2. The summed E-state index contributed by atoms with van der Waals surface area (Å²) in [6.07, 6.45) is 0.147. The van der Waals surface area contributed by atoms with Crippen molar-refractivity contribution in [3.63, 3.8) is 0 Å². The molecule has 1 saturated heterocycles. The van der Waals surface area contributed by atoms with E-state index in [4.69, 9.17) is 10.5 Å². The summed E-state index contributed by atoms with van der Waals surface area (Å²) in [7, 11) is 0. The normalized spacial score (nSPS) is 29.2. The van der Waals surface area contributed by atoms with Crippen molar-refractivity contribution in [2.45, 2.75) is 58.7 Å². The number of hydrogen-bond donors (Lipinski definition) is 1. The van der Waals surface area contributed by atoms with Crippen molar-refractivity contribution in [3.05, 3.63) is 0 Å². The van der Waals surface area contributed by atoms with Gasteiger partial charge in [-0.15, -0.1) is 0 Å². The Hall–Kier alpha value is -1.26. The SMILES string of the molecule is CC1C[C@@H](C(N)=O)N(C(=O)OC(C)(C)C)[C@H]1C. The lowest BCUT2D eigenvalue weighted by Crippen LogP contribution is -2.48. The molecule has 17 heavy (non-hydrogen) atoms. The summed E-state index contributed by atoms with van der Waals surface area (Å²) in [6, 6.07) is -0.572. The molecular formula is C12H22N2O3. The lowest BCUT2D eigenvalue weighted by molar-refractivity contribution is -0.122. The fraction of sp³-hybridized carbons (Fsp3) is 0.833. The summed E-state index contributed by atoms with van der Waals surface area (Å²) in [5.41, 5.74) is 4.76. The average Bonchev–Trinajstić information content (AvgIpc) is 2.40. The Morgan fingerprint density at radius 2 is 1.82 bits per heavy atom. The van der Waals surface area contributed by atoms with Gasteiger partial charge >= 0.3 is 6.09 Å². The lowest BCUT2D eigenvalue weighted by Gasteiger charge is -2.30. The molecule has 1 heterocycles. The molecule has 1 aliphatic rings. The summed E-state index contributed by atoms with van der Waals surface area (Å²) in [5, 5.41) is 0. The quantitative estimate of drug-likeness (QED) is 0.757. The van der Waals surface area contributed by atoms with Crippen molar-refractivity contribution in [3.8, 4) is 0 Å². The molecule has 0 aromatic heterocycles. The molecule has 2 N–H and O–H groups in total. The molecule has 2 amide bonds. The van der Waals surface area contributed by atoms with Crippen molar-refractivity contribution in [2.75, 3.05) is 0 Å². The number of ether oxygens (including phenoxy) is 1. The number of hydrogen-bond acceptors (Lipinski definition) is 3. The van der Waals surface area contributed by atoms with Crippen molar-refractivity contribution < 1.29 is 14.3 Å². The Morgan fingerprint density at radius 1 is 1.29 bits per heavy atom. The molecule has 0 aromatic rings. The van der Waals surface area contributed by atoms with Crippen LogP contribution >= 0.6 is 0 Å². The molecule has 1 unspecified atom stereocenters. The molecule has 1 fully saturated rings. The van der Waals surface area contributed by atoms with Crippen LogP contribution in [0.1, 0.15) is 41.0 Å². The van der Waals surface area contributed by atoms with Crippen LogP contribution < -0.4 is 5.73 Å². The lowest BCUT2D eigenvalue weighted by atomic mass is 10.0. The number of amides is 2. The number of nitrogens with zero attached hydrogens (tertiary/aromatic N) is 1. The zero-order chi connectivity index (χ0) is 13.4. The molecule has 0 aliphatic carbocycles. The van der Waals surface area contributed by atoms with E-state index in [2.05, 4.69) is 0 Å². The third-order valence-electron chi connectivity index (χ3n) is 3.13. The molecule has 0 radical (unpaired) electrons. The van der Waals surface area contributed by atoms with Gasteiger partial charge in [-0.05, 0) is 40.0 Å². The van der Waals surface area contributed by atoms with Gasteiger partial charge in [0.25, 0.3) is 0 Å². The van der Waals surface area contributed by atoms with Gasteiger partial charge < -0.3 is 10.5 Å². The first-order chi connectivity index (χ1) is 7.63. The predicted molar refractivity (Wildman–Crippen MR) is 64.3 cm³/mol. The highest BCUT2D eigenvalue weighted by Gasteiger charge is 2.43. The second-order valence-corrected chi connectivity index (χ2v) is 5.76. The second-order valence-electron chi connectivity index (χ2n) is 5.76. The van der Waals surface area contributed by atoms with E-state index in [1.54, 1.807) is 20.8 Å². The van der Waals surface area contributed by atoms with Crippen LogP contribution in [0.15, 0.2) is 0 Å². The van der Waals surface area contributed by atoms with Gasteiger partial charge in [0.1, 0.15) is 11.6 Å². The molecule has 1 rings (SSSR count). The van der Waals surface area contributed by atoms with Crippen molar-refractivity contribution >= 4 is 12.0 Å². The summed E-state index contributed by atoms with van der Waals surface area (Å²) in [4.78, 5) is 24.8. The van der Waals surface area contributed by atoms with Crippen LogP contribution in [0.5, 0.6) is 0 Å². The van der Waals surface area contributed by atoms with Crippen LogP contribution in [0.4, 0.5) is 4.79 Å². The van der Waals surface area contributed by atoms with Crippen LogP contribution in [0.25, 0.3) is 0 Å². The molecule has 0 saturated carbocycles. The number of likely N-dealkylation sites (tertiary alicyclic amines) is 1. The molecule has 0 spiro atoms. The predicted octanol–water partition coefficient (Wildman–Crippen LogP) is 1.51. The Bertz CT molecular complexity index is 322. The minimum Gasteiger partial charge on any atom is -0.444 e. The van der Waals surface area contributed by atoms with E-state index >= 15 is 0 Å². The van der Waals surface area contributed by atoms with Crippen LogP contribution in [0.3, 0.4) is 0 Å². The zero-order valence-corrected chi connectivity index (χ0v) is 11.2. The molecule has 98 valence electrons. The molecular weight excluding hydrogens is 220 g/mol. The fourth-order valence-corrected chi connectivity index (χ4v) is 2.08. The standard InChI is InChI=1S/C12H22N2O3/c1-7-6-9(10(13)15)14(8(7)2)11(16)17-12(3,4)5/h7-9H,6H2,1-5H3,(H2,13,15)/t7?,8-,9-/m0/s1. The topological polar surface area (TPSA) is 72.6 Å². The zero-order valence-electron chi connectivity index (χ0n) is 11.2.